The minimum Gasteiger partial charge on any atom is -0.497 e. The van der Waals surface area contributed by atoms with Crippen molar-refractivity contribution in [2.75, 3.05) is 44.8 Å². The number of hydrogen-bond donors (Lipinski definition) is 0. The number of nitrogens with zero attached hydrogens (tertiary/aromatic N) is 3. The standard InChI is InChI=1S/C20H25N3O4/c1-15-12-18(24)19(13-21(15)2)27-14-20(25)23-10-8-22(9-11-23)16-4-6-17(26-3)7-5-16/h4-7,12-13H,8-11,14H2,1-3H3. The first-order chi connectivity index (χ1) is 13.0. The number of carbonyl (C=O) groups excluding carboxylic acids is 1. The van der Waals surface area contributed by atoms with Crippen molar-refractivity contribution in [3.63, 3.8) is 0 Å². The largest absolute Gasteiger partial charge is 0.497 e. The van der Waals surface area contributed by atoms with E-state index in [-0.39, 0.29) is 23.7 Å². The molecule has 1 amide bonds. The lowest BCUT2D eigenvalue weighted by molar-refractivity contribution is -0.133. The predicted octanol–water partition coefficient (Wildman–Crippen LogP) is 1.43. The lowest BCUT2D eigenvalue weighted by Gasteiger charge is -2.36. The normalized spacial score (nSPS) is 14.2. The Labute approximate surface area is 158 Å². The zero-order valence-corrected chi connectivity index (χ0v) is 16.0. The van der Waals surface area contributed by atoms with Crippen LogP contribution >= 0.6 is 0 Å². The van der Waals surface area contributed by atoms with Crippen LogP contribution in [0, 0.1) is 6.92 Å². The number of hydrogen-bond acceptors (Lipinski definition) is 5. The van der Waals surface area contributed by atoms with E-state index in [1.165, 1.54) is 6.07 Å². The molecule has 1 saturated heterocycles. The molecule has 27 heavy (non-hydrogen) atoms. The Hall–Kier alpha value is -2.96. The summed E-state index contributed by atoms with van der Waals surface area (Å²) in [5.41, 5.74) is 1.75. The molecule has 0 radical (unpaired) electrons. The molecule has 0 atom stereocenters. The molecule has 1 aliphatic rings. The Balaban J connectivity index is 1.52. The van der Waals surface area contributed by atoms with Crippen LogP contribution in [-0.4, -0.2) is 55.3 Å². The van der Waals surface area contributed by atoms with E-state index in [1.807, 2.05) is 38.2 Å². The maximum Gasteiger partial charge on any atom is 0.260 e. The molecular formula is C20H25N3O4. The highest BCUT2D eigenvalue weighted by molar-refractivity contribution is 5.78. The lowest BCUT2D eigenvalue weighted by Crippen LogP contribution is -2.50. The monoisotopic (exact) mass is 371 g/mol. The predicted molar refractivity (Wildman–Crippen MR) is 104 cm³/mol. The number of pyridine rings is 1. The van der Waals surface area contributed by atoms with Crippen LogP contribution in [0.25, 0.3) is 0 Å². The molecule has 1 aliphatic heterocycles. The number of amides is 1. The second kappa shape index (κ2) is 8.16. The number of aryl methyl sites for hydroxylation is 2. The number of piperazine rings is 1. The van der Waals surface area contributed by atoms with Crippen LogP contribution in [0.5, 0.6) is 11.5 Å². The topological polar surface area (TPSA) is 64.0 Å². The van der Waals surface area contributed by atoms with Crippen LogP contribution in [0.2, 0.25) is 0 Å². The second-order valence-electron chi connectivity index (χ2n) is 6.61. The minimum absolute atomic E-state index is 0.105. The van der Waals surface area contributed by atoms with E-state index in [1.54, 1.807) is 22.8 Å². The van der Waals surface area contributed by atoms with Gasteiger partial charge < -0.3 is 23.8 Å². The lowest BCUT2D eigenvalue weighted by atomic mass is 10.2. The third kappa shape index (κ3) is 4.42. The van der Waals surface area contributed by atoms with Crippen LogP contribution < -0.4 is 19.8 Å². The van der Waals surface area contributed by atoms with E-state index < -0.39 is 0 Å². The van der Waals surface area contributed by atoms with Gasteiger partial charge in [-0.05, 0) is 31.2 Å². The smallest absolute Gasteiger partial charge is 0.260 e. The molecule has 7 nitrogen and oxygen atoms in total. The molecule has 2 aromatic rings. The zero-order valence-electron chi connectivity index (χ0n) is 16.0. The van der Waals surface area contributed by atoms with E-state index >= 15 is 0 Å². The van der Waals surface area contributed by atoms with Gasteiger partial charge in [-0.25, -0.2) is 0 Å². The Morgan fingerprint density at radius 1 is 1.11 bits per heavy atom. The number of aromatic nitrogens is 1. The van der Waals surface area contributed by atoms with Gasteiger partial charge in [-0.2, -0.15) is 0 Å². The average Bonchev–Trinajstić information content (AvgIpc) is 2.69. The highest BCUT2D eigenvalue weighted by atomic mass is 16.5. The molecule has 0 unspecified atom stereocenters. The van der Waals surface area contributed by atoms with Gasteiger partial charge in [-0.15, -0.1) is 0 Å². The molecule has 0 bridgehead atoms. The van der Waals surface area contributed by atoms with Crippen molar-refractivity contribution in [3.8, 4) is 11.5 Å². The Morgan fingerprint density at radius 3 is 2.41 bits per heavy atom. The molecular weight excluding hydrogens is 346 g/mol. The quantitative estimate of drug-likeness (QED) is 0.796. The van der Waals surface area contributed by atoms with Gasteiger partial charge in [0, 0.05) is 56.9 Å². The molecule has 0 saturated carbocycles. The summed E-state index contributed by atoms with van der Waals surface area (Å²) >= 11 is 0. The van der Waals surface area contributed by atoms with Crippen molar-refractivity contribution in [2.45, 2.75) is 6.92 Å². The highest BCUT2D eigenvalue weighted by Gasteiger charge is 2.22. The Morgan fingerprint density at radius 2 is 1.78 bits per heavy atom. The molecule has 1 fully saturated rings. The first-order valence-corrected chi connectivity index (χ1v) is 8.95. The van der Waals surface area contributed by atoms with Gasteiger partial charge in [0.15, 0.2) is 12.4 Å². The molecule has 144 valence electrons. The van der Waals surface area contributed by atoms with Gasteiger partial charge in [0.25, 0.3) is 5.91 Å². The number of methoxy groups -OCH3 is 1. The molecule has 0 spiro atoms. The van der Waals surface area contributed by atoms with Gasteiger partial charge in [-0.3, -0.25) is 9.59 Å². The third-order valence-corrected chi connectivity index (χ3v) is 4.87. The molecule has 1 aromatic carbocycles. The number of anilines is 1. The van der Waals surface area contributed by atoms with E-state index in [0.29, 0.717) is 13.1 Å². The van der Waals surface area contributed by atoms with Crippen LogP contribution in [0.1, 0.15) is 5.69 Å². The summed E-state index contributed by atoms with van der Waals surface area (Å²) < 4.78 is 12.5. The first kappa shape index (κ1) is 18.8. The zero-order chi connectivity index (χ0) is 19.4. The molecule has 0 aliphatic carbocycles. The third-order valence-electron chi connectivity index (χ3n) is 4.87. The molecule has 7 heteroatoms. The van der Waals surface area contributed by atoms with Crippen molar-refractivity contribution in [3.05, 3.63) is 52.4 Å². The summed E-state index contributed by atoms with van der Waals surface area (Å²) in [6.45, 7) is 4.48. The Bertz CT molecular complexity index is 853. The number of ether oxygens (including phenoxy) is 2. The maximum absolute atomic E-state index is 12.4. The summed E-state index contributed by atoms with van der Waals surface area (Å²) in [4.78, 5) is 28.4. The van der Waals surface area contributed by atoms with Gasteiger partial charge >= 0.3 is 0 Å². The van der Waals surface area contributed by atoms with E-state index in [4.69, 9.17) is 9.47 Å². The number of rotatable bonds is 5. The van der Waals surface area contributed by atoms with Crippen molar-refractivity contribution < 1.29 is 14.3 Å². The Kier molecular flexibility index (Phi) is 5.69. The van der Waals surface area contributed by atoms with E-state index in [2.05, 4.69) is 4.90 Å². The molecule has 3 rings (SSSR count). The first-order valence-electron chi connectivity index (χ1n) is 8.95. The molecule has 2 heterocycles. The second-order valence-corrected chi connectivity index (χ2v) is 6.61. The minimum atomic E-state index is -0.206. The van der Waals surface area contributed by atoms with Crippen molar-refractivity contribution in [2.24, 2.45) is 7.05 Å². The van der Waals surface area contributed by atoms with Gasteiger partial charge in [0.05, 0.1) is 7.11 Å². The number of carbonyl (C=O) groups is 1. The summed E-state index contributed by atoms with van der Waals surface area (Å²) in [5.74, 6) is 0.923. The summed E-state index contributed by atoms with van der Waals surface area (Å²) in [6, 6.07) is 9.41. The average molecular weight is 371 g/mol. The van der Waals surface area contributed by atoms with E-state index in [0.717, 1.165) is 30.2 Å². The molecule has 0 N–H and O–H groups in total. The highest BCUT2D eigenvalue weighted by Crippen LogP contribution is 2.20. The van der Waals surface area contributed by atoms with Gasteiger partial charge in [0.1, 0.15) is 5.75 Å². The van der Waals surface area contributed by atoms with Crippen molar-refractivity contribution in [1.29, 1.82) is 0 Å². The van der Waals surface area contributed by atoms with Gasteiger partial charge in [-0.1, -0.05) is 0 Å². The summed E-state index contributed by atoms with van der Waals surface area (Å²) in [6.07, 6.45) is 1.62. The van der Waals surface area contributed by atoms with Crippen LogP contribution in [0.3, 0.4) is 0 Å². The summed E-state index contributed by atoms with van der Waals surface area (Å²) in [7, 11) is 3.48. The van der Waals surface area contributed by atoms with Crippen molar-refractivity contribution in [1.82, 2.24) is 9.47 Å². The fourth-order valence-electron chi connectivity index (χ4n) is 3.05. The van der Waals surface area contributed by atoms with Gasteiger partial charge in [0.2, 0.25) is 5.43 Å². The summed E-state index contributed by atoms with van der Waals surface area (Å²) in [5, 5.41) is 0. The SMILES string of the molecule is COc1ccc(N2CCN(C(=O)COc3cn(C)c(C)cc3=O)CC2)cc1. The van der Waals surface area contributed by atoms with Crippen molar-refractivity contribution >= 4 is 11.6 Å². The van der Waals surface area contributed by atoms with E-state index in [9.17, 15) is 9.59 Å². The fraction of sp³-hybridized carbons (Fsp3) is 0.400. The maximum atomic E-state index is 12.4. The molecule has 1 aromatic heterocycles. The van der Waals surface area contributed by atoms with Crippen LogP contribution in [0.15, 0.2) is 41.3 Å². The fourth-order valence-corrected chi connectivity index (χ4v) is 3.05. The van der Waals surface area contributed by atoms with Crippen LogP contribution in [0.4, 0.5) is 5.69 Å². The number of benzene rings is 1. The van der Waals surface area contributed by atoms with Crippen LogP contribution in [-0.2, 0) is 11.8 Å².